The summed E-state index contributed by atoms with van der Waals surface area (Å²) < 4.78 is 19.4. The first-order valence-electron chi connectivity index (χ1n) is 11.7. The maximum Gasteiger partial charge on any atom is 0.339 e. The van der Waals surface area contributed by atoms with Gasteiger partial charge in [0.2, 0.25) is 0 Å². The maximum atomic E-state index is 13.8. The smallest absolute Gasteiger partial charge is 0.339 e. The molecule has 35 heavy (non-hydrogen) atoms. The number of fused-ring (bicyclic) bond motifs is 3. The largest absolute Gasteiger partial charge is 0.450 e. The Morgan fingerprint density at radius 3 is 2.54 bits per heavy atom. The highest BCUT2D eigenvalue weighted by Crippen LogP contribution is 2.44. The Kier molecular flexibility index (Phi) is 5.79. The van der Waals surface area contributed by atoms with Crippen molar-refractivity contribution in [2.24, 2.45) is 0 Å². The molecule has 1 aromatic heterocycles. The lowest BCUT2D eigenvalue weighted by molar-refractivity contribution is -0.0389. The number of carbonyl (C=O) groups is 3. The number of carbonyl (C=O) groups excluding carboxylic acids is 3. The Hall–Kier alpha value is -3.39. The van der Waals surface area contributed by atoms with Crippen LogP contribution < -0.4 is 0 Å². The van der Waals surface area contributed by atoms with Crippen LogP contribution in [0, 0.1) is 5.82 Å². The van der Waals surface area contributed by atoms with Gasteiger partial charge in [-0.05, 0) is 38.1 Å². The van der Waals surface area contributed by atoms with Gasteiger partial charge < -0.3 is 19.5 Å². The second kappa shape index (κ2) is 8.68. The summed E-state index contributed by atoms with van der Waals surface area (Å²) in [4.78, 5) is 45.9. The van der Waals surface area contributed by atoms with Gasteiger partial charge in [0, 0.05) is 60.5 Å². The van der Waals surface area contributed by atoms with Gasteiger partial charge in [-0.2, -0.15) is 0 Å². The molecule has 0 unspecified atom stereocenters. The van der Waals surface area contributed by atoms with E-state index in [1.165, 1.54) is 12.1 Å². The molecule has 0 atom stereocenters. The first-order valence-corrected chi connectivity index (χ1v) is 12.1. The van der Waals surface area contributed by atoms with Gasteiger partial charge in [0.25, 0.3) is 11.8 Å². The van der Waals surface area contributed by atoms with E-state index in [1.807, 2.05) is 13.8 Å². The Balaban J connectivity index is 1.47. The molecule has 2 aromatic carbocycles. The number of hydrogen-bond donors (Lipinski definition) is 1. The van der Waals surface area contributed by atoms with E-state index < -0.39 is 17.4 Å². The highest BCUT2D eigenvalue weighted by Gasteiger charge is 2.48. The molecule has 7 nitrogen and oxygen atoms in total. The first kappa shape index (κ1) is 23.4. The van der Waals surface area contributed by atoms with Gasteiger partial charge in [-0.3, -0.25) is 9.59 Å². The third-order valence-electron chi connectivity index (χ3n) is 7.08. The highest BCUT2D eigenvalue weighted by atomic mass is 35.5. The van der Waals surface area contributed by atoms with Crippen LogP contribution in [-0.4, -0.2) is 58.7 Å². The molecule has 9 heteroatoms. The Labute approximate surface area is 206 Å². The Morgan fingerprint density at radius 2 is 1.86 bits per heavy atom. The minimum Gasteiger partial charge on any atom is -0.450 e. The summed E-state index contributed by atoms with van der Waals surface area (Å²) in [5, 5.41) is 1.13. The fraction of sp³-hybridized carbons (Fsp3) is 0.346. The van der Waals surface area contributed by atoms with Gasteiger partial charge in [0.1, 0.15) is 17.1 Å². The molecule has 0 bridgehead atoms. The molecular formula is C26H25ClFN3O4. The zero-order valence-electron chi connectivity index (χ0n) is 19.5. The van der Waals surface area contributed by atoms with Crippen LogP contribution in [0.25, 0.3) is 10.9 Å². The van der Waals surface area contributed by atoms with E-state index in [4.69, 9.17) is 16.3 Å². The lowest BCUT2D eigenvalue weighted by Gasteiger charge is -2.38. The topological polar surface area (TPSA) is 82.7 Å². The number of hydrogen-bond acceptors (Lipinski definition) is 4. The van der Waals surface area contributed by atoms with E-state index in [2.05, 4.69) is 4.98 Å². The molecule has 1 fully saturated rings. The zero-order chi connectivity index (χ0) is 24.9. The third kappa shape index (κ3) is 3.76. The summed E-state index contributed by atoms with van der Waals surface area (Å²) in [5.41, 5.74) is 1.20. The molecule has 1 N–H and O–H groups in total. The van der Waals surface area contributed by atoms with Crippen molar-refractivity contribution in [1.82, 2.24) is 14.8 Å². The number of aromatic nitrogens is 1. The highest BCUT2D eigenvalue weighted by molar-refractivity contribution is 6.31. The Bertz CT molecular complexity index is 1360. The van der Waals surface area contributed by atoms with Gasteiger partial charge in [-0.1, -0.05) is 23.7 Å². The number of halogens is 2. The average molecular weight is 498 g/mol. The normalized spacial score (nSPS) is 16.5. The molecule has 3 heterocycles. The van der Waals surface area contributed by atoms with Gasteiger partial charge in [0.15, 0.2) is 0 Å². The summed E-state index contributed by atoms with van der Waals surface area (Å²) >= 11 is 6.16. The number of amides is 2. The second-order valence-electron chi connectivity index (χ2n) is 8.91. The third-order valence-corrected chi connectivity index (χ3v) is 7.31. The molecular weight excluding hydrogens is 473 g/mol. The quantitative estimate of drug-likeness (QED) is 0.528. The van der Waals surface area contributed by atoms with Crippen molar-refractivity contribution in [3.8, 4) is 0 Å². The monoisotopic (exact) mass is 497 g/mol. The van der Waals surface area contributed by atoms with E-state index in [0.717, 1.165) is 0 Å². The molecule has 0 aliphatic carbocycles. The number of piperidine rings is 1. The van der Waals surface area contributed by atoms with Crippen molar-refractivity contribution in [1.29, 1.82) is 0 Å². The number of nitrogens with one attached hydrogen (secondary N) is 1. The van der Waals surface area contributed by atoms with Crippen LogP contribution in [0.2, 0.25) is 5.02 Å². The molecule has 1 saturated heterocycles. The fourth-order valence-corrected chi connectivity index (χ4v) is 5.36. The lowest BCUT2D eigenvalue weighted by Crippen LogP contribution is -2.45. The van der Waals surface area contributed by atoms with Crippen molar-refractivity contribution in [2.45, 2.75) is 32.3 Å². The molecule has 1 spiro atoms. The molecule has 3 aromatic rings. The standard InChI is InChI=1S/C26H25ClFN3O4/c1-3-30(4-2)24(33)22-21(17-7-5-15(27)13-20(17)29-22)23(32)31-11-9-26(10-12-31)19-8-6-16(28)14-18(19)25(34)35-26/h5-8,13-14,29H,3-4,9-12H2,1-2H3. The van der Waals surface area contributed by atoms with Crippen molar-refractivity contribution in [3.05, 3.63) is 69.6 Å². The van der Waals surface area contributed by atoms with Crippen LogP contribution in [0.5, 0.6) is 0 Å². The number of H-pyrrole nitrogens is 1. The van der Waals surface area contributed by atoms with Crippen molar-refractivity contribution in [2.75, 3.05) is 26.2 Å². The minimum absolute atomic E-state index is 0.240. The van der Waals surface area contributed by atoms with Crippen LogP contribution in [0.4, 0.5) is 4.39 Å². The van der Waals surface area contributed by atoms with Crippen LogP contribution in [0.15, 0.2) is 36.4 Å². The molecule has 2 aliphatic rings. The number of benzene rings is 2. The summed E-state index contributed by atoms with van der Waals surface area (Å²) in [5.74, 6) is -1.55. The fourth-order valence-electron chi connectivity index (χ4n) is 5.19. The maximum absolute atomic E-state index is 13.8. The predicted octanol–water partition coefficient (Wildman–Crippen LogP) is 4.74. The minimum atomic E-state index is -0.871. The van der Waals surface area contributed by atoms with Crippen LogP contribution in [-0.2, 0) is 10.3 Å². The lowest BCUT2D eigenvalue weighted by atomic mass is 9.83. The first-order chi connectivity index (χ1) is 16.8. The molecule has 182 valence electrons. The number of rotatable bonds is 4. The van der Waals surface area contributed by atoms with E-state index in [0.29, 0.717) is 66.1 Å². The van der Waals surface area contributed by atoms with Crippen LogP contribution >= 0.6 is 11.6 Å². The average Bonchev–Trinajstić information content (AvgIpc) is 3.34. The Morgan fingerprint density at radius 1 is 1.14 bits per heavy atom. The predicted molar refractivity (Wildman–Crippen MR) is 129 cm³/mol. The molecule has 2 amide bonds. The van der Waals surface area contributed by atoms with Crippen molar-refractivity contribution < 1.29 is 23.5 Å². The number of nitrogens with zero attached hydrogens (tertiary/aromatic N) is 2. The van der Waals surface area contributed by atoms with Crippen molar-refractivity contribution >= 4 is 40.3 Å². The van der Waals surface area contributed by atoms with Gasteiger partial charge in [-0.15, -0.1) is 0 Å². The number of likely N-dealkylation sites (tertiary alicyclic amines) is 1. The number of aromatic amines is 1. The molecule has 5 rings (SSSR count). The summed E-state index contributed by atoms with van der Waals surface area (Å²) in [7, 11) is 0. The van der Waals surface area contributed by atoms with E-state index in [-0.39, 0.29) is 23.1 Å². The zero-order valence-corrected chi connectivity index (χ0v) is 20.2. The second-order valence-corrected chi connectivity index (χ2v) is 9.34. The van der Waals surface area contributed by atoms with Crippen LogP contribution in [0.3, 0.4) is 0 Å². The SMILES string of the molecule is CCN(CC)C(=O)c1[nH]c2cc(Cl)ccc2c1C(=O)N1CCC2(CC1)OC(=O)c1cc(F)ccc12. The van der Waals surface area contributed by atoms with Gasteiger partial charge >= 0.3 is 5.97 Å². The molecule has 0 radical (unpaired) electrons. The molecule has 0 saturated carbocycles. The van der Waals surface area contributed by atoms with Gasteiger partial charge in [-0.25, -0.2) is 9.18 Å². The van der Waals surface area contributed by atoms with E-state index in [9.17, 15) is 18.8 Å². The van der Waals surface area contributed by atoms with Crippen molar-refractivity contribution in [3.63, 3.8) is 0 Å². The van der Waals surface area contributed by atoms with Crippen LogP contribution in [0.1, 0.15) is 63.5 Å². The van der Waals surface area contributed by atoms with Gasteiger partial charge in [0.05, 0.1) is 11.1 Å². The molecule has 2 aliphatic heterocycles. The number of esters is 1. The summed E-state index contributed by atoms with van der Waals surface area (Å²) in [6.45, 7) is 5.44. The van der Waals surface area contributed by atoms with E-state index in [1.54, 1.807) is 34.1 Å². The number of ether oxygens (including phenoxy) is 1. The summed E-state index contributed by atoms with van der Waals surface area (Å²) in [6, 6.07) is 9.26. The summed E-state index contributed by atoms with van der Waals surface area (Å²) in [6.07, 6.45) is 0.771. The van der Waals surface area contributed by atoms with E-state index >= 15 is 0 Å².